The number of methoxy groups -OCH3 is 1. The van der Waals surface area contributed by atoms with Gasteiger partial charge in [-0.1, -0.05) is 12.1 Å². The second-order valence-corrected chi connectivity index (χ2v) is 6.11. The van der Waals surface area contributed by atoms with E-state index < -0.39 is 5.82 Å². The topological polar surface area (TPSA) is 65.4 Å². The molecule has 0 fully saturated rings. The van der Waals surface area contributed by atoms with Crippen LogP contribution in [0.25, 0.3) is 0 Å². The van der Waals surface area contributed by atoms with Gasteiger partial charge in [0.1, 0.15) is 5.69 Å². The molecule has 0 aliphatic heterocycles. The quantitative estimate of drug-likeness (QED) is 0.659. The highest BCUT2D eigenvalue weighted by molar-refractivity contribution is 5.92. The van der Waals surface area contributed by atoms with E-state index in [9.17, 15) is 9.18 Å². The molecule has 0 aliphatic rings. The van der Waals surface area contributed by atoms with Crippen LogP contribution in [0.4, 0.5) is 4.39 Å². The Bertz CT molecular complexity index is 731. The molecule has 0 radical (unpaired) electrons. The summed E-state index contributed by atoms with van der Waals surface area (Å²) in [5.74, 6) is -0.525. The van der Waals surface area contributed by atoms with Crippen LogP contribution < -0.4 is 10.1 Å². The standard InChI is InChI=1S/C19H26FN3O3/c1-14-12-16(23(2)22-14)19(24)21-13-15-8-7-9-17(18(15)20)26-11-6-4-5-10-25-3/h7-9,12H,4-6,10-11,13H2,1-3H3,(H,21,24). The molecule has 2 rings (SSSR count). The number of nitrogens with one attached hydrogen (secondary N) is 1. The number of aromatic nitrogens is 2. The molecule has 1 N–H and O–H groups in total. The van der Waals surface area contributed by atoms with Gasteiger partial charge < -0.3 is 14.8 Å². The highest BCUT2D eigenvalue weighted by Gasteiger charge is 2.14. The third-order valence-electron chi connectivity index (χ3n) is 3.97. The number of aryl methyl sites for hydroxylation is 2. The van der Waals surface area contributed by atoms with Crippen LogP contribution in [0.3, 0.4) is 0 Å². The monoisotopic (exact) mass is 363 g/mol. The Kier molecular flexibility index (Phi) is 7.59. The minimum atomic E-state index is -0.439. The van der Waals surface area contributed by atoms with Crippen molar-refractivity contribution < 1.29 is 18.7 Å². The molecular weight excluding hydrogens is 337 g/mol. The van der Waals surface area contributed by atoms with Crippen LogP contribution in [0.1, 0.15) is 41.0 Å². The summed E-state index contributed by atoms with van der Waals surface area (Å²) in [6.07, 6.45) is 2.76. The second kappa shape index (κ2) is 9.91. The van der Waals surface area contributed by atoms with Crippen molar-refractivity contribution in [1.82, 2.24) is 15.1 Å². The minimum Gasteiger partial charge on any atom is -0.491 e. The highest BCUT2D eigenvalue weighted by atomic mass is 19.1. The Labute approximate surface area is 153 Å². The van der Waals surface area contributed by atoms with Crippen LogP contribution in [0.2, 0.25) is 0 Å². The van der Waals surface area contributed by atoms with E-state index in [-0.39, 0.29) is 18.2 Å². The van der Waals surface area contributed by atoms with Gasteiger partial charge in [0.25, 0.3) is 5.91 Å². The molecule has 2 aromatic rings. The first-order chi connectivity index (χ1) is 12.5. The van der Waals surface area contributed by atoms with Gasteiger partial charge in [-0.15, -0.1) is 0 Å². The summed E-state index contributed by atoms with van der Waals surface area (Å²) in [5.41, 5.74) is 1.57. The maximum atomic E-state index is 14.5. The molecule has 26 heavy (non-hydrogen) atoms. The van der Waals surface area contributed by atoms with Crippen molar-refractivity contribution >= 4 is 5.91 Å². The van der Waals surface area contributed by atoms with Crippen LogP contribution in [-0.4, -0.2) is 36.0 Å². The number of ether oxygens (including phenoxy) is 2. The maximum absolute atomic E-state index is 14.5. The number of hydrogen-bond donors (Lipinski definition) is 1. The van der Waals surface area contributed by atoms with E-state index in [1.54, 1.807) is 38.4 Å². The number of carbonyl (C=O) groups excluding carboxylic acids is 1. The number of hydrogen-bond acceptors (Lipinski definition) is 4. The molecule has 0 unspecified atom stereocenters. The molecule has 0 aliphatic carbocycles. The molecule has 1 amide bonds. The van der Waals surface area contributed by atoms with Crippen molar-refractivity contribution in [3.8, 4) is 5.75 Å². The van der Waals surface area contributed by atoms with Crippen LogP contribution in [0, 0.1) is 12.7 Å². The van der Waals surface area contributed by atoms with Crippen molar-refractivity contribution in [3.63, 3.8) is 0 Å². The number of rotatable bonds is 10. The Balaban J connectivity index is 1.88. The number of unbranched alkanes of at least 4 members (excludes halogenated alkanes) is 2. The fourth-order valence-electron chi connectivity index (χ4n) is 2.60. The third kappa shape index (κ3) is 5.56. The van der Waals surface area contributed by atoms with Gasteiger partial charge in [0.05, 0.1) is 12.3 Å². The maximum Gasteiger partial charge on any atom is 0.269 e. The molecule has 1 heterocycles. The van der Waals surface area contributed by atoms with E-state index in [0.29, 0.717) is 17.9 Å². The summed E-state index contributed by atoms with van der Waals surface area (Å²) in [5, 5.41) is 6.85. The predicted molar refractivity (Wildman–Crippen MR) is 96.7 cm³/mol. The molecule has 0 bridgehead atoms. The predicted octanol–water partition coefficient (Wildman–Crippen LogP) is 2.99. The summed E-state index contributed by atoms with van der Waals surface area (Å²) in [7, 11) is 3.37. The van der Waals surface area contributed by atoms with E-state index in [4.69, 9.17) is 9.47 Å². The Hall–Kier alpha value is -2.41. The van der Waals surface area contributed by atoms with Crippen molar-refractivity contribution in [1.29, 1.82) is 0 Å². The fourth-order valence-corrected chi connectivity index (χ4v) is 2.60. The van der Waals surface area contributed by atoms with Gasteiger partial charge in [0.15, 0.2) is 11.6 Å². The molecule has 142 valence electrons. The number of benzene rings is 1. The van der Waals surface area contributed by atoms with Gasteiger partial charge in [0.2, 0.25) is 0 Å². The number of carbonyl (C=O) groups is 1. The molecule has 7 heteroatoms. The van der Waals surface area contributed by atoms with Gasteiger partial charge >= 0.3 is 0 Å². The van der Waals surface area contributed by atoms with Crippen LogP contribution in [0.5, 0.6) is 5.75 Å². The first kappa shape index (κ1) is 19.9. The Morgan fingerprint density at radius 3 is 2.73 bits per heavy atom. The largest absolute Gasteiger partial charge is 0.491 e. The second-order valence-electron chi connectivity index (χ2n) is 6.11. The Morgan fingerprint density at radius 1 is 1.27 bits per heavy atom. The van der Waals surface area contributed by atoms with Gasteiger partial charge in [-0.25, -0.2) is 4.39 Å². The SMILES string of the molecule is COCCCCCOc1cccc(CNC(=O)c2cc(C)nn2C)c1F. The van der Waals surface area contributed by atoms with Gasteiger partial charge in [-0.3, -0.25) is 9.48 Å². The van der Waals surface area contributed by atoms with Gasteiger partial charge in [0, 0.05) is 32.9 Å². The molecule has 6 nitrogen and oxygen atoms in total. The average Bonchev–Trinajstić information content (AvgIpc) is 2.96. The van der Waals surface area contributed by atoms with Gasteiger partial charge in [-0.05, 0) is 38.3 Å². The summed E-state index contributed by atoms with van der Waals surface area (Å²) in [6, 6.07) is 6.64. The van der Waals surface area contributed by atoms with Crippen molar-refractivity contribution in [3.05, 3.63) is 47.0 Å². The molecule has 0 atom stereocenters. The zero-order valence-corrected chi connectivity index (χ0v) is 15.5. The number of nitrogens with zero attached hydrogens (tertiary/aromatic N) is 2. The zero-order chi connectivity index (χ0) is 18.9. The van der Waals surface area contributed by atoms with E-state index in [2.05, 4.69) is 10.4 Å². The molecule has 1 aromatic heterocycles. The smallest absolute Gasteiger partial charge is 0.269 e. The highest BCUT2D eigenvalue weighted by Crippen LogP contribution is 2.21. The summed E-state index contributed by atoms with van der Waals surface area (Å²) >= 11 is 0. The molecule has 1 aromatic carbocycles. The lowest BCUT2D eigenvalue weighted by atomic mass is 10.2. The van der Waals surface area contributed by atoms with Gasteiger partial charge in [-0.2, -0.15) is 5.10 Å². The summed E-state index contributed by atoms with van der Waals surface area (Å²) in [4.78, 5) is 12.2. The van der Waals surface area contributed by atoms with Crippen LogP contribution >= 0.6 is 0 Å². The lowest BCUT2D eigenvalue weighted by molar-refractivity contribution is 0.0941. The lowest BCUT2D eigenvalue weighted by Crippen LogP contribution is -2.25. The number of halogens is 1. The zero-order valence-electron chi connectivity index (χ0n) is 15.5. The van der Waals surface area contributed by atoms with Crippen molar-refractivity contribution in [2.75, 3.05) is 20.3 Å². The molecule has 0 saturated carbocycles. The Morgan fingerprint density at radius 2 is 2.04 bits per heavy atom. The summed E-state index contributed by atoms with van der Waals surface area (Å²) < 4.78 is 26.5. The van der Waals surface area contributed by atoms with E-state index >= 15 is 0 Å². The summed E-state index contributed by atoms with van der Waals surface area (Å²) in [6.45, 7) is 3.07. The van der Waals surface area contributed by atoms with E-state index in [0.717, 1.165) is 31.6 Å². The van der Waals surface area contributed by atoms with E-state index in [1.807, 2.05) is 6.92 Å². The van der Waals surface area contributed by atoms with Crippen molar-refractivity contribution in [2.45, 2.75) is 32.7 Å². The average molecular weight is 363 g/mol. The lowest BCUT2D eigenvalue weighted by Gasteiger charge is -2.11. The number of amides is 1. The van der Waals surface area contributed by atoms with Crippen LogP contribution in [0.15, 0.2) is 24.3 Å². The van der Waals surface area contributed by atoms with Crippen LogP contribution in [-0.2, 0) is 18.3 Å². The minimum absolute atomic E-state index is 0.0833. The third-order valence-corrected chi connectivity index (χ3v) is 3.97. The molecule has 0 saturated heterocycles. The molecule has 0 spiro atoms. The first-order valence-corrected chi connectivity index (χ1v) is 8.71. The normalized spacial score (nSPS) is 10.8. The van der Waals surface area contributed by atoms with E-state index in [1.165, 1.54) is 4.68 Å². The fraction of sp³-hybridized carbons (Fsp3) is 0.474. The first-order valence-electron chi connectivity index (χ1n) is 8.71. The molecular formula is C19H26FN3O3. The van der Waals surface area contributed by atoms with Crippen molar-refractivity contribution in [2.24, 2.45) is 7.05 Å².